The van der Waals surface area contributed by atoms with Crippen LogP contribution in [0.15, 0.2) is 9.90 Å². The fourth-order valence-corrected chi connectivity index (χ4v) is 3.07. The van der Waals surface area contributed by atoms with Crippen LogP contribution in [0.5, 0.6) is 0 Å². The number of amides is 2. The summed E-state index contributed by atoms with van der Waals surface area (Å²) in [5.74, 6) is 1.59. The number of anilines is 1. The number of hydrogen-bond donors (Lipinski definition) is 1. The van der Waals surface area contributed by atoms with Crippen molar-refractivity contribution in [2.75, 3.05) is 18.4 Å². The van der Waals surface area contributed by atoms with Crippen molar-refractivity contribution >= 4 is 22.5 Å². The van der Waals surface area contributed by atoms with Crippen LogP contribution in [-0.2, 0) is 0 Å². The Bertz CT molecular complexity index is 630. The first-order chi connectivity index (χ1) is 10.1. The first-order valence-electron chi connectivity index (χ1n) is 6.90. The molecule has 3 rings (SSSR count). The first-order valence-corrected chi connectivity index (χ1v) is 7.78. The molecule has 8 heteroatoms. The van der Waals surface area contributed by atoms with Crippen molar-refractivity contribution in [3.8, 4) is 0 Å². The summed E-state index contributed by atoms with van der Waals surface area (Å²) in [7, 11) is 0. The zero-order valence-corrected chi connectivity index (χ0v) is 12.8. The van der Waals surface area contributed by atoms with Gasteiger partial charge in [0.15, 0.2) is 11.0 Å². The Morgan fingerprint density at radius 1 is 1.38 bits per heavy atom. The zero-order chi connectivity index (χ0) is 14.8. The number of urea groups is 1. The van der Waals surface area contributed by atoms with Crippen LogP contribution in [-0.4, -0.2) is 39.1 Å². The van der Waals surface area contributed by atoms with Gasteiger partial charge in [-0.15, -0.1) is 11.3 Å². The number of nitrogens with one attached hydrogen (secondary N) is 1. The lowest BCUT2D eigenvalue weighted by molar-refractivity contribution is 0.187. The third kappa shape index (κ3) is 3.21. The van der Waals surface area contributed by atoms with Crippen molar-refractivity contribution in [2.45, 2.75) is 32.6 Å². The Labute approximate surface area is 126 Å². The second kappa shape index (κ2) is 5.80. The predicted molar refractivity (Wildman–Crippen MR) is 78.5 cm³/mol. The second-order valence-corrected chi connectivity index (χ2v) is 6.02. The molecule has 0 aliphatic carbocycles. The van der Waals surface area contributed by atoms with E-state index in [-0.39, 0.29) is 11.9 Å². The fourth-order valence-electron chi connectivity index (χ4n) is 2.39. The Hall–Kier alpha value is -1.96. The number of carbonyl (C=O) groups excluding carboxylic acids is 1. The van der Waals surface area contributed by atoms with Crippen LogP contribution in [0.25, 0.3) is 0 Å². The molecule has 0 saturated carbocycles. The van der Waals surface area contributed by atoms with E-state index >= 15 is 0 Å². The van der Waals surface area contributed by atoms with Gasteiger partial charge in [-0.25, -0.2) is 9.78 Å². The summed E-state index contributed by atoms with van der Waals surface area (Å²) in [6, 6.07) is -0.0930. The molecule has 0 bridgehead atoms. The Balaban J connectivity index is 1.54. The highest BCUT2D eigenvalue weighted by Crippen LogP contribution is 2.27. The summed E-state index contributed by atoms with van der Waals surface area (Å²) in [6.07, 6.45) is 1.68. The van der Waals surface area contributed by atoms with Gasteiger partial charge in [-0.05, 0) is 26.7 Å². The number of carbonyl (C=O) groups is 1. The molecule has 2 aromatic heterocycles. The zero-order valence-electron chi connectivity index (χ0n) is 12.0. The largest absolute Gasteiger partial charge is 0.339 e. The molecule has 112 valence electrons. The number of thiazole rings is 1. The molecule has 1 N–H and O–H groups in total. The van der Waals surface area contributed by atoms with E-state index in [2.05, 4.69) is 20.4 Å². The van der Waals surface area contributed by atoms with E-state index in [1.54, 1.807) is 4.90 Å². The van der Waals surface area contributed by atoms with Gasteiger partial charge in [-0.3, -0.25) is 5.32 Å². The Morgan fingerprint density at radius 3 is 2.71 bits per heavy atom. The molecular formula is C13H17N5O2S. The lowest BCUT2D eigenvalue weighted by Crippen LogP contribution is -2.40. The SMILES string of the molecule is Cc1csc(NC(=O)N2CCC(c3nc(C)no3)CC2)n1. The van der Waals surface area contributed by atoms with Gasteiger partial charge in [-0.2, -0.15) is 4.98 Å². The first kappa shape index (κ1) is 14.0. The van der Waals surface area contributed by atoms with E-state index < -0.39 is 0 Å². The van der Waals surface area contributed by atoms with Crippen LogP contribution < -0.4 is 5.32 Å². The third-order valence-electron chi connectivity index (χ3n) is 3.51. The number of rotatable bonds is 2. The number of nitrogens with zero attached hydrogens (tertiary/aromatic N) is 4. The number of likely N-dealkylation sites (tertiary alicyclic amines) is 1. The molecule has 21 heavy (non-hydrogen) atoms. The van der Waals surface area contributed by atoms with Crippen molar-refractivity contribution < 1.29 is 9.32 Å². The molecule has 1 aliphatic heterocycles. The average molecular weight is 307 g/mol. The molecule has 1 saturated heterocycles. The molecule has 3 heterocycles. The van der Waals surface area contributed by atoms with E-state index in [1.165, 1.54) is 11.3 Å². The highest BCUT2D eigenvalue weighted by Gasteiger charge is 2.27. The van der Waals surface area contributed by atoms with Gasteiger partial charge in [0.2, 0.25) is 5.89 Å². The average Bonchev–Trinajstić information content (AvgIpc) is 3.08. The van der Waals surface area contributed by atoms with Gasteiger partial charge in [-0.1, -0.05) is 5.16 Å². The maximum atomic E-state index is 12.2. The van der Waals surface area contributed by atoms with Crippen LogP contribution in [0.3, 0.4) is 0 Å². The maximum Gasteiger partial charge on any atom is 0.323 e. The van der Waals surface area contributed by atoms with E-state index in [9.17, 15) is 4.79 Å². The van der Waals surface area contributed by atoms with Crippen LogP contribution >= 0.6 is 11.3 Å². The number of hydrogen-bond acceptors (Lipinski definition) is 6. The standard InChI is InChI=1S/C13H17N5O2S/c1-8-7-21-12(14-8)16-13(19)18-5-3-10(4-6-18)11-15-9(2)17-20-11/h7,10H,3-6H2,1-2H3,(H,14,16,19). The second-order valence-electron chi connectivity index (χ2n) is 5.17. The number of piperidine rings is 1. The highest BCUT2D eigenvalue weighted by molar-refractivity contribution is 7.13. The van der Waals surface area contributed by atoms with Crippen LogP contribution in [0.2, 0.25) is 0 Å². The van der Waals surface area contributed by atoms with E-state index in [0.717, 1.165) is 18.5 Å². The molecule has 0 spiro atoms. The van der Waals surface area contributed by atoms with Gasteiger partial charge in [0.05, 0.1) is 5.69 Å². The lowest BCUT2D eigenvalue weighted by atomic mass is 9.97. The smallest absolute Gasteiger partial charge is 0.323 e. The highest BCUT2D eigenvalue weighted by atomic mass is 32.1. The van der Waals surface area contributed by atoms with Crippen molar-refractivity contribution in [3.63, 3.8) is 0 Å². The molecular weight excluding hydrogens is 290 g/mol. The molecule has 0 unspecified atom stereocenters. The van der Waals surface area contributed by atoms with Crippen LogP contribution in [0.4, 0.5) is 9.93 Å². The molecule has 2 amide bonds. The number of aryl methyl sites for hydroxylation is 2. The molecule has 0 radical (unpaired) electrons. The van der Waals surface area contributed by atoms with Crippen molar-refractivity contribution in [1.29, 1.82) is 0 Å². The molecule has 7 nitrogen and oxygen atoms in total. The minimum atomic E-state index is -0.0930. The quantitative estimate of drug-likeness (QED) is 0.921. The molecule has 0 atom stereocenters. The fraction of sp³-hybridized carbons (Fsp3) is 0.538. The predicted octanol–water partition coefficient (Wildman–Crippen LogP) is 2.55. The van der Waals surface area contributed by atoms with Gasteiger partial charge < -0.3 is 9.42 Å². The summed E-state index contributed by atoms with van der Waals surface area (Å²) in [6.45, 7) is 5.08. The van der Waals surface area contributed by atoms with Gasteiger partial charge in [0.1, 0.15) is 0 Å². The van der Waals surface area contributed by atoms with E-state index in [1.807, 2.05) is 19.2 Å². The minimum absolute atomic E-state index is 0.0930. The lowest BCUT2D eigenvalue weighted by Gasteiger charge is -2.30. The van der Waals surface area contributed by atoms with Crippen LogP contribution in [0.1, 0.15) is 36.2 Å². The topological polar surface area (TPSA) is 84.2 Å². The van der Waals surface area contributed by atoms with Crippen molar-refractivity contribution in [1.82, 2.24) is 20.0 Å². The van der Waals surface area contributed by atoms with Gasteiger partial charge in [0.25, 0.3) is 0 Å². The summed E-state index contributed by atoms with van der Waals surface area (Å²) in [5, 5.41) is 9.21. The number of aromatic nitrogens is 3. The summed E-state index contributed by atoms with van der Waals surface area (Å²) < 4.78 is 5.21. The van der Waals surface area contributed by atoms with E-state index in [4.69, 9.17) is 4.52 Å². The third-order valence-corrected chi connectivity index (χ3v) is 4.38. The van der Waals surface area contributed by atoms with Crippen molar-refractivity contribution in [2.24, 2.45) is 0 Å². The monoisotopic (exact) mass is 307 g/mol. The summed E-state index contributed by atoms with van der Waals surface area (Å²) in [4.78, 5) is 22.5. The van der Waals surface area contributed by atoms with Gasteiger partial charge >= 0.3 is 6.03 Å². The summed E-state index contributed by atoms with van der Waals surface area (Å²) in [5.41, 5.74) is 0.917. The normalized spacial score (nSPS) is 16.2. The molecule has 1 aliphatic rings. The Morgan fingerprint density at radius 2 is 2.14 bits per heavy atom. The maximum absolute atomic E-state index is 12.2. The Kier molecular flexibility index (Phi) is 3.87. The van der Waals surface area contributed by atoms with Crippen molar-refractivity contribution in [3.05, 3.63) is 22.8 Å². The molecule has 1 fully saturated rings. The van der Waals surface area contributed by atoms with Crippen LogP contribution in [0, 0.1) is 13.8 Å². The molecule has 0 aromatic carbocycles. The van der Waals surface area contributed by atoms with E-state index in [0.29, 0.717) is 29.9 Å². The molecule has 2 aromatic rings. The summed E-state index contributed by atoms with van der Waals surface area (Å²) >= 11 is 1.44. The van der Waals surface area contributed by atoms with Gasteiger partial charge in [0, 0.05) is 24.4 Å². The minimum Gasteiger partial charge on any atom is -0.339 e.